The van der Waals surface area contributed by atoms with Gasteiger partial charge in [0.25, 0.3) is 5.22 Å². The van der Waals surface area contributed by atoms with Crippen molar-refractivity contribution < 1.29 is 13.9 Å². The Balaban J connectivity index is 1.50. The number of aromatic nitrogens is 2. The number of fused-ring (bicyclic) bond motifs is 1. The number of rotatable bonds is 4. The molecule has 0 aliphatic carbocycles. The fourth-order valence-corrected chi connectivity index (χ4v) is 3.22. The van der Waals surface area contributed by atoms with E-state index < -0.39 is 0 Å². The molecule has 0 amide bonds. The van der Waals surface area contributed by atoms with Gasteiger partial charge >= 0.3 is 0 Å². The van der Waals surface area contributed by atoms with E-state index in [1.807, 2.05) is 42.5 Å². The number of benzene rings is 2. The molecule has 0 spiro atoms. The Hall–Kier alpha value is -2.18. The van der Waals surface area contributed by atoms with Crippen LogP contribution in [0.15, 0.2) is 52.1 Å². The van der Waals surface area contributed by atoms with Gasteiger partial charge in [-0.3, -0.25) is 0 Å². The quantitative estimate of drug-likeness (QED) is 0.652. The highest BCUT2D eigenvalue weighted by atomic mass is 35.5. The molecule has 2 heterocycles. The van der Waals surface area contributed by atoms with Crippen LogP contribution in [0.4, 0.5) is 0 Å². The van der Waals surface area contributed by atoms with E-state index in [1.165, 1.54) is 11.8 Å². The average molecular weight is 347 g/mol. The normalized spacial score (nSPS) is 12.6. The molecule has 116 valence electrons. The van der Waals surface area contributed by atoms with Crippen molar-refractivity contribution >= 4 is 23.4 Å². The molecule has 0 bridgehead atoms. The van der Waals surface area contributed by atoms with E-state index in [9.17, 15) is 0 Å². The third-order valence-electron chi connectivity index (χ3n) is 3.33. The first-order chi connectivity index (χ1) is 11.3. The number of halogens is 1. The van der Waals surface area contributed by atoms with Gasteiger partial charge in [-0.25, -0.2) is 0 Å². The third-order valence-corrected chi connectivity index (χ3v) is 4.57. The Morgan fingerprint density at radius 3 is 2.83 bits per heavy atom. The summed E-state index contributed by atoms with van der Waals surface area (Å²) in [7, 11) is 0. The van der Waals surface area contributed by atoms with Crippen LogP contribution in [-0.2, 0) is 5.75 Å². The molecule has 7 heteroatoms. The molecular formula is C16H11ClN2O3S. The van der Waals surface area contributed by atoms with Crippen LogP contribution < -0.4 is 9.47 Å². The maximum Gasteiger partial charge on any atom is 0.277 e. The molecule has 0 unspecified atom stereocenters. The maximum absolute atomic E-state index is 6.14. The van der Waals surface area contributed by atoms with Crippen LogP contribution in [0.2, 0.25) is 5.02 Å². The molecule has 1 aromatic heterocycles. The first-order valence-corrected chi connectivity index (χ1v) is 8.26. The molecule has 5 nitrogen and oxygen atoms in total. The molecule has 3 aromatic rings. The zero-order chi connectivity index (χ0) is 15.6. The van der Waals surface area contributed by atoms with Gasteiger partial charge in [0.05, 0.1) is 0 Å². The predicted octanol–water partition coefficient (Wildman–Crippen LogP) is 4.41. The summed E-state index contributed by atoms with van der Waals surface area (Å²) in [5, 5.41) is 9.37. The lowest BCUT2D eigenvalue weighted by molar-refractivity contribution is 0.174. The lowest BCUT2D eigenvalue weighted by Crippen LogP contribution is -1.92. The minimum absolute atomic E-state index is 0.238. The van der Waals surface area contributed by atoms with E-state index in [2.05, 4.69) is 10.2 Å². The molecule has 1 aliphatic rings. The molecule has 0 saturated heterocycles. The van der Waals surface area contributed by atoms with Crippen LogP contribution in [0.3, 0.4) is 0 Å². The van der Waals surface area contributed by atoms with Crippen LogP contribution in [0.1, 0.15) is 5.56 Å². The highest BCUT2D eigenvalue weighted by molar-refractivity contribution is 7.98. The Morgan fingerprint density at radius 1 is 1.04 bits per heavy atom. The summed E-state index contributed by atoms with van der Waals surface area (Å²) in [6, 6.07) is 13.2. The number of ether oxygens (including phenoxy) is 2. The fraction of sp³-hybridized carbons (Fsp3) is 0.125. The SMILES string of the molecule is Clc1ccccc1CSc1nnc(-c2ccc3c(c2)OCO3)o1. The summed E-state index contributed by atoms with van der Waals surface area (Å²) < 4.78 is 16.3. The minimum atomic E-state index is 0.238. The summed E-state index contributed by atoms with van der Waals surface area (Å²) >= 11 is 7.59. The first kappa shape index (κ1) is 14.4. The molecule has 0 saturated carbocycles. The van der Waals surface area contributed by atoms with Gasteiger partial charge in [-0.1, -0.05) is 41.6 Å². The van der Waals surface area contributed by atoms with Gasteiger partial charge in [0.1, 0.15) is 0 Å². The van der Waals surface area contributed by atoms with Crippen LogP contribution in [0.5, 0.6) is 11.5 Å². The van der Waals surface area contributed by atoms with Crippen molar-refractivity contribution in [3.05, 3.63) is 53.1 Å². The molecule has 4 rings (SSSR count). The lowest BCUT2D eigenvalue weighted by Gasteiger charge is -2.00. The largest absolute Gasteiger partial charge is 0.454 e. The zero-order valence-corrected chi connectivity index (χ0v) is 13.4. The summed E-state index contributed by atoms with van der Waals surface area (Å²) in [5.41, 5.74) is 1.83. The maximum atomic E-state index is 6.14. The number of hydrogen-bond acceptors (Lipinski definition) is 6. The Labute approximate surface area is 141 Å². The van der Waals surface area contributed by atoms with Crippen molar-refractivity contribution in [2.75, 3.05) is 6.79 Å². The minimum Gasteiger partial charge on any atom is -0.454 e. The van der Waals surface area contributed by atoms with Crippen molar-refractivity contribution in [2.24, 2.45) is 0 Å². The van der Waals surface area contributed by atoms with Crippen LogP contribution >= 0.6 is 23.4 Å². The molecule has 2 aromatic carbocycles. The van der Waals surface area contributed by atoms with Crippen molar-refractivity contribution in [2.45, 2.75) is 11.0 Å². The fourth-order valence-electron chi connectivity index (χ4n) is 2.17. The molecule has 1 aliphatic heterocycles. The summed E-state index contributed by atoms with van der Waals surface area (Å²) in [6.07, 6.45) is 0. The number of thioether (sulfide) groups is 1. The second-order valence-corrected chi connectivity index (χ2v) is 6.16. The smallest absolute Gasteiger partial charge is 0.277 e. The van der Waals surface area contributed by atoms with Crippen molar-refractivity contribution in [1.29, 1.82) is 0 Å². The predicted molar refractivity (Wildman–Crippen MR) is 86.9 cm³/mol. The van der Waals surface area contributed by atoms with Crippen molar-refractivity contribution in [1.82, 2.24) is 10.2 Å². The van der Waals surface area contributed by atoms with Gasteiger partial charge in [-0.2, -0.15) is 0 Å². The molecule has 0 radical (unpaired) electrons. The summed E-state index contributed by atoms with van der Waals surface area (Å²) in [6.45, 7) is 0.238. The lowest BCUT2D eigenvalue weighted by atomic mass is 10.2. The second kappa shape index (κ2) is 6.14. The third kappa shape index (κ3) is 3.00. The Kier molecular flexibility index (Phi) is 3.85. The summed E-state index contributed by atoms with van der Waals surface area (Å²) in [5.74, 6) is 2.53. The van der Waals surface area contributed by atoms with Crippen molar-refractivity contribution in [3.8, 4) is 23.0 Å². The van der Waals surface area contributed by atoms with Crippen LogP contribution in [-0.4, -0.2) is 17.0 Å². The monoisotopic (exact) mass is 346 g/mol. The van der Waals surface area contributed by atoms with Gasteiger partial charge in [-0.05, 0) is 29.8 Å². The Bertz CT molecular complexity index is 853. The number of hydrogen-bond donors (Lipinski definition) is 0. The van der Waals surface area contributed by atoms with Gasteiger partial charge < -0.3 is 13.9 Å². The molecular weight excluding hydrogens is 336 g/mol. The molecule has 23 heavy (non-hydrogen) atoms. The molecule has 0 atom stereocenters. The van der Waals surface area contributed by atoms with E-state index in [1.54, 1.807) is 0 Å². The van der Waals surface area contributed by atoms with E-state index >= 15 is 0 Å². The zero-order valence-electron chi connectivity index (χ0n) is 11.9. The summed E-state index contributed by atoms with van der Waals surface area (Å²) in [4.78, 5) is 0. The number of nitrogens with zero attached hydrogens (tertiary/aromatic N) is 2. The van der Waals surface area contributed by atoms with Crippen molar-refractivity contribution in [3.63, 3.8) is 0 Å². The van der Waals surface area contributed by atoms with Gasteiger partial charge in [0.2, 0.25) is 12.7 Å². The van der Waals surface area contributed by atoms with Crippen LogP contribution in [0, 0.1) is 0 Å². The van der Waals surface area contributed by atoms with E-state index in [0.717, 1.165) is 21.9 Å². The average Bonchev–Trinajstić information content (AvgIpc) is 3.22. The first-order valence-electron chi connectivity index (χ1n) is 6.89. The van der Waals surface area contributed by atoms with Gasteiger partial charge in [0, 0.05) is 16.3 Å². The van der Waals surface area contributed by atoms with Gasteiger partial charge in [0.15, 0.2) is 11.5 Å². The Morgan fingerprint density at radius 2 is 1.91 bits per heavy atom. The highest BCUT2D eigenvalue weighted by Crippen LogP contribution is 2.36. The second-order valence-electron chi connectivity index (χ2n) is 4.82. The topological polar surface area (TPSA) is 57.4 Å². The molecule has 0 N–H and O–H groups in total. The highest BCUT2D eigenvalue weighted by Gasteiger charge is 2.17. The van der Waals surface area contributed by atoms with Crippen LogP contribution in [0.25, 0.3) is 11.5 Å². The molecule has 0 fully saturated rings. The van der Waals surface area contributed by atoms with E-state index in [-0.39, 0.29) is 6.79 Å². The standard InChI is InChI=1S/C16H11ClN2O3S/c17-12-4-2-1-3-11(12)8-23-16-19-18-15(22-16)10-5-6-13-14(7-10)21-9-20-13/h1-7H,8-9H2. The van der Waals surface area contributed by atoms with E-state index in [0.29, 0.717) is 22.6 Å². The van der Waals surface area contributed by atoms with Gasteiger partial charge in [-0.15, -0.1) is 10.2 Å². The van der Waals surface area contributed by atoms with E-state index in [4.69, 9.17) is 25.5 Å².